The molecule has 0 bridgehead atoms. The molecule has 1 atom stereocenters. The van der Waals surface area contributed by atoms with Gasteiger partial charge < -0.3 is 19.1 Å². The predicted octanol–water partition coefficient (Wildman–Crippen LogP) is 3.44. The number of rotatable bonds is 7. The summed E-state index contributed by atoms with van der Waals surface area (Å²) in [4.78, 5) is 20.0. The minimum atomic E-state index is -0.436. The molecular weight excluding hydrogens is 444 g/mol. The highest BCUT2D eigenvalue weighted by Crippen LogP contribution is 2.26. The van der Waals surface area contributed by atoms with Gasteiger partial charge in [0.05, 0.1) is 37.5 Å². The van der Waals surface area contributed by atoms with Gasteiger partial charge in [0.15, 0.2) is 17.2 Å². The quantitative estimate of drug-likeness (QED) is 0.524. The predicted molar refractivity (Wildman–Crippen MR) is 125 cm³/mol. The molecule has 0 aliphatic carbocycles. The van der Waals surface area contributed by atoms with E-state index in [0.717, 1.165) is 12.0 Å². The molecular formula is C24H29ClN4O4. The number of benzene rings is 1. The van der Waals surface area contributed by atoms with Gasteiger partial charge in [-0.15, -0.1) is 0 Å². The maximum Gasteiger partial charge on any atom is 0.256 e. The van der Waals surface area contributed by atoms with Crippen molar-refractivity contribution in [1.29, 1.82) is 0 Å². The third-order valence-electron chi connectivity index (χ3n) is 5.71. The van der Waals surface area contributed by atoms with Gasteiger partial charge in [0.2, 0.25) is 0 Å². The van der Waals surface area contributed by atoms with Gasteiger partial charge in [0.1, 0.15) is 0 Å². The number of carbonyl (C=O) groups excluding carboxylic acids is 1. The first-order valence-electron chi connectivity index (χ1n) is 10.9. The van der Waals surface area contributed by atoms with Crippen molar-refractivity contribution in [2.24, 2.45) is 0 Å². The average molecular weight is 473 g/mol. The van der Waals surface area contributed by atoms with Crippen LogP contribution in [0.5, 0.6) is 5.75 Å². The van der Waals surface area contributed by atoms with E-state index in [9.17, 15) is 4.79 Å². The average Bonchev–Trinajstić information content (AvgIpc) is 3.21. The van der Waals surface area contributed by atoms with Crippen LogP contribution in [0.15, 0.2) is 36.5 Å². The largest absolute Gasteiger partial charge is 0.493 e. The number of carbonyl (C=O) groups is 1. The van der Waals surface area contributed by atoms with Crippen LogP contribution in [0.3, 0.4) is 0 Å². The lowest BCUT2D eigenvalue weighted by molar-refractivity contribution is -0.113. The van der Waals surface area contributed by atoms with Gasteiger partial charge in [-0.25, -0.2) is 9.50 Å². The molecule has 9 heteroatoms. The summed E-state index contributed by atoms with van der Waals surface area (Å²) in [5, 5.41) is 5.31. The van der Waals surface area contributed by atoms with E-state index in [1.807, 2.05) is 43.0 Å². The second-order valence-corrected chi connectivity index (χ2v) is 9.27. The van der Waals surface area contributed by atoms with Gasteiger partial charge >= 0.3 is 0 Å². The molecule has 2 aromatic heterocycles. The lowest BCUT2D eigenvalue weighted by Crippen LogP contribution is -2.57. The first-order valence-corrected chi connectivity index (χ1v) is 11.3. The Labute approximate surface area is 198 Å². The van der Waals surface area contributed by atoms with Crippen molar-refractivity contribution >= 4 is 23.2 Å². The van der Waals surface area contributed by atoms with Crippen LogP contribution in [0, 0.1) is 0 Å². The number of fused-ring (bicyclic) bond motifs is 1. The molecule has 1 saturated heterocycles. The Kier molecular flexibility index (Phi) is 6.88. The number of aromatic nitrogens is 3. The molecule has 1 unspecified atom stereocenters. The Balaban J connectivity index is 1.60. The van der Waals surface area contributed by atoms with Crippen LogP contribution in [0.4, 0.5) is 0 Å². The van der Waals surface area contributed by atoms with E-state index in [0.29, 0.717) is 54.0 Å². The molecule has 1 amide bonds. The van der Waals surface area contributed by atoms with E-state index in [2.05, 4.69) is 10.1 Å². The number of methoxy groups -OCH3 is 2. The van der Waals surface area contributed by atoms with Crippen LogP contribution in [-0.4, -0.2) is 71.0 Å². The number of ether oxygens (including phenoxy) is 3. The molecule has 33 heavy (non-hydrogen) atoms. The van der Waals surface area contributed by atoms with E-state index in [1.54, 1.807) is 31.0 Å². The number of pyridine rings is 1. The smallest absolute Gasteiger partial charge is 0.256 e. The van der Waals surface area contributed by atoms with E-state index >= 15 is 0 Å². The van der Waals surface area contributed by atoms with E-state index in [1.165, 1.54) is 0 Å². The van der Waals surface area contributed by atoms with Crippen molar-refractivity contribution in [3.63, 3.8) is 0 Å². The van der Waals surface area contributed by atoms with Gasteiger partial charge in [-0.1, -0.05) is 23.7 Å². The van der Waals surface area contributed by atoms with Gasteiger partial charge in [-0.3, -0.25) is 4.79 Å². The van der Waals surface area contributed by atoms with Crippen molar-refractivity contribution in [2.45, 2.75) is 38.3 Å². The first kappa shape index (κ1) is 23.5. The van der Waals surface area contributed by atoms with Crippen molar-refractivity contribution in [2.75, 3.05) is 34.0 Å². The first-order chi connectivity index (χ1) is 15.8. The summed E-state index contributed by atoms with van der Waals surface area (Å²) < 4.78 is 18.4. The molecule has 0 saturated carbocycles. The molecule has 1 aliphatic rings. The maximum atomic E-state index is 13.5. The third kappa shape index (κ3) is 5.29. The minimum Gasteiger partial charge on any atom is -0.493 e. The Morgan fingerprint density at radius 3 is 2.82 bits per heavy atom. The molecule has 176 valence electrons. The van der Waals surface area contributed by atoms with E-state index in [4.69, 9.17) is 25.8 Å². The standard InChI is InChI=1S/C24H29ClN4O4/c1-24(2)15-28(19(13-31-3)14-33-24)23(30)17-11-20(32-4)22-26-21(27-29(22)12-17)9-8-16-6-5-7-18(25)10-16/h5-7,10-12,19H,8-9,13-15H2,1-4H3. The molecule has 0 N–H and O–H groups in total. The van der Waals surface area contributed by atoms with Crippen LogP contribution >= 0.6 is 11.6 Å². The van der Waals surface area contributed by atoms with Crippen LogP contribution in [0.25, 0.3) is 5.65 Å². The SMILES string of the molecule is COCC1COC(C)(C)CN1C(=O)c1cc(OC)c2nc(CCc3cccc(Cl)c3)nn2c1. The van der Waals surface area contributed by atoms with Crippen LogP contribution in [-0.2, 0) is 22.3 Å². The molecule has 1 aliphatic heterocycles. The summed E-state index contributed by atoms with van der Waals surface area (Å²) in [6, 6.07) is 9.30. The lowest BCUT2D eigenvalue weighted by Gasteiger charge is -2.43. The number of hydrogen-bond acceptors (Lipinski definition) is 6. The Hall–Kier alpha value is -2.68. The molecule has 0 spiro atoms. The van der Waals surface area contributed by atoms with Crippen molar-refractivity contribution in [1.82, 2.24) is 19.5 Å². The molecule has 1 fully saturated rings. The number of hydrogen-bond donors (Lipinski definition) is 0. The summed E-state index contributed by atoms with van der Waals surface area (Å²) in [7, 11) is 3.19. The summed E-state index contributed by atoms with van der Waals surface area (Å²) >= 11 is 6.09. The zero-order chi connectivity index (χ0) is 23.6. The fourth-order valence-corrected chi connectivity index (χ4v) is 4.27. The molecule has 0 radical (unpaired) electrons. The monoisotopic (exact) mass is 472 g/mol. The van der Waals surface area contributed by atoms with Gasteiger partial charge in [-0.05, 0) is 44.0 Å². The van der Waals surface area contributed by atoms with Crippen LogP contribution in [0.2, 0.25) is 5.02 Å². The maximum absolute atomic E-state index is 13.5. The lowest BCUT2D eigenvalue weighted by atomic mass is 10.0. The highest BCUT2D eigenvalue weighted by Gasteiger charge is 2.37. The summed E-state index contributed by atoms with van der Waals surface area (Å²) in [6.07, 6.45) is 3.11. The molecule has 3 aromatic rings. The Morgan fingerprint density at radius 1 is 1.27 bits per heavy atom. The van der Waals surface area contributed by atoms with Crippen LogP contribution in [0.1, 0.15) is 35.6 Å². The second-order valence-electron chi connectivity index (χ2n) is 8.84. The fraction of sp³-hybridized carbons (Fsp3) is 0.458. The van der Waals surface area contributed by atoms with E-state index < -0.39 is 5.60 Å². The fourth-order valence-electron chi connectivity index (χ4n) is 4.05. The van der Waals surface area contributed by atoms with Crippen LogP contribution < -0.4 is 4.74 Å². The molecule has 3 heterocycles. The van der Waals surface area contributed by atoms with E-state index in [-0.39, 0.29) is 11.9 Å². The van der Waals surface area contributed by atoms with Gasteiger partial charge in [0, 0.05) is 31.3 Å². The molecule has 4 rings (SSSR count). The van der Waals surface area contributed by atoms with Gasteiger partial charge in [-0.2, -0.15) is 5.10 Å². The summed E-state index contributed by atoms with van der Waals surface area (Å²) in [6.45, 7) is 5.23. The minimum absolute atomic E-state index is 0.121. The Morgan fingerprint density at radius 2 is 2.09 bits per heavy atom. The molecule has 8 nitrogen and oxygen atoms in total. The zero-order valence-electron chi connectivity index (χ0n) is 19.4. The summed E-state index contributed by atoms with van der Waals surface area (Å²) in [5.41, 5.74) is 1.73. The number of aryl methyl sites for hydroxylation is 2. The van der Waals surface area contributed by atoms with Crippen molar-refractivity contribution in [3.8, 4) is 5.75 Å². The highest BCUT2D eigenvalue weighted by atomic mass is 35.5. The van der Waals surface area contributed by atoms with Crippen molar-refractivity contribution in [3.05, 3.63) is 58.5 Å². The number of halogens is 1. The number of nitrogens with zero attached hydrogens (tertiary/aromatic N) is 4. The normalized spacial score (nSPS) is 18.0. The second kappa shape index (κ2) is 9.67. The number of morpholine rings is 1. The number of amides is 1. The summed E-state index contributed by atoms with van der Waals surface area (Å²) in [5.74, 6) is 1.05. The zero-order valence-corrected chi connectivity index (χ0v) is 20.1. The Bertz CT molecular complexity index is 1150. The topological polar surface area (TPSA) is 78.2 Å². The van der Waals surface area contributed by atoms with Crippen molar-refractivity contribution < 1.29 is 19.0 Å². The highest BCUT2D eigenvalue weighted by molar-refractivity contribution is 6.30. The third-order valence-corrected chi connectivity index (χ3v) is 5.95. The van der Waals surface area contributed by atoms with Gasteiger partial charge in [0.25, 0.3) is 5.91 Å². The molecule has 1 aromatic carbocycles.